The molecule has 1 spiro atoms. The van der Waals surface area contributed by atoms with Crippen molar-refractivity contribution in [2.24, 2.45) is 11.8 Å². The molecule has 3 aromatic carbocycles. The highest BCUT2D eigenvalue weighted by Gasteiger charge is 2.75. The van der Waals surface area contributed by atoms with Crippen LogP contribution in [0, 0.1) is 17.7 Å². The number of para-hydroxylation sites is 1. The zero-order chi connectivity index (χ0) is 26.3. The van der Waals surface area contributed by atoms with Gasteiger partial charge >= 0.3 is 6.18 Å². The summed E-state index contributed by atoms with van der Waals surface area (Å²) in [6.45, 7) is 0. The minimum atomic E-state index is -4.89. The Balaban J connectivity index is 1.56. The second kappa shape index (κ2) is 7.66. The Morgan fingerprint density at radius 2 is 1.32 bits per heavy atom. The van der Waals surface area contributed by atoms with Crippen LogP contribution in [0.25, 0.3) is 0 Å². The lowest BCUT2D eigenvalue weighted by molar-refractivity contribution is -0.137. The van der Waals surface area contributed by atoms with Crippen LogP contribution in [0.3, 0.4) is 0 Å². The van der Waals surface area contributed by atoms with Crippen molar-refractivity contribution >= 4 is 29.1 Å². The number of ether oxygens (including phenoxy) is 1. The van der Waals surface area contributed by atoms with E-state index in [2.05, 4.69) is 0 Å². The van der Waals surface area contributed by atoms with Gasteiger partial charge in [0.1, 0.15) is 5.82 Å². The van der Waals surface area contributed by atoms with Crippen LogP contribution in [0.1, 0.15) is 37.9 Å². The Kier molecular flexibility index (Phi) is 4.81. The zero-order valence-corrected chi connectivity index (χ0v) is 18.7. The Bertz CT molecular complexity index is 1480. The molecule has 2 fully saturated rings. The number of rotatable bonds is 2. The van der Waals surface area contributed by atoms with E-state index >= 15 is 0 Å². The summed E-state index contributed by atoms with van der Waals surface area (Å²) in [5.41, 5.74) is -4.21. The number of hydrogen-bond acceptors (Lipinski definition) is 5. The van der Waals surface area contributed by atoms with Crippen molar-refractivity contribution in [2.75, 3.05) is 4.90 Å². The maximum absolute atomic E-state index is 13.8. The van der Waals surface area contributed by atoms with Gasteiger partial charge in [0.2, 0.25) is 29.0 Å². The van der Waals surface area contributed by atoms with Gasteiger partial charge in [-0.05, 0) is 29.8 Å². The van der Waals surface area contributed by atoms with Gasteiger partial charge in [-0.3, -0.25) is 19.2 Å². The third-order valence-electron chi connectivity index (χ3n) is 7.17. The number of carbonyl (C=O) groups is 4. The summed E-state index contributed by atoms with van der Waals surface area (Å²) in [7, 11) is 0. The predicted octanol–water partition coefficient (Wildman–Crippen LogP) is 4.54. The SMILES string of the molecule is O=C1[C@H]2[C@@H](c3ccc(F)cc3)OC3(C(=O)c4ccccc4C3=O)[C@H]2C(=O)N1c1ccccc1C(F)(F)F. The lowest BCUT2D eigenvalue weighted by Gasteiger charge is -2.28. The molecule has 6 rings (SSSR count). The van der Waals surface area contributed by atoms with E-state index < -0.39 is 70.2 Å². The van der Waals surface area contributed by atoms with Crippen molar-refractivity contribution < 1.29 is 41.5 Å². The Hall–Kier alpha value is -4.18. The molecule has 0 unspecified atom stereocenters. The fourth-order valence-electron chi connectivity index (χ4n) is 5.62. The van der Waals surface area contributed by atoms with E-state index in [1.165, 1.54) is 42.5 Å². The van der Waals surface area contributed by atoms with Crippen molar-refractivity contribution in [3.05, 3.63) is 101 Å². The number of fused-ring (bicyclic) bond motifs is 3. The molecule has 2 amide bonds. The average Bonchev–Trinajstić information content (AvgIpc) is 3.44. The fourth-order valence-corrected chi connectivity index (χ4v) is 5.62. The van der Waals surface area contributed by atoms with Crippen molar-refractivity contribution in [3.8, 4) is 0 Å². The number of halogens is 4. The molecule has 10 heteroatoms. The molecule has 0 aromatic heterocycles. The first kappa shape index (κ1) is 23.2. The lowest BCUT2D eigenvalue weighted by Crippen LogP contribution is -2.51. The number of hydrogen-bond donors (Lipinski definition) is 0. The number of amides is 2. The normalized spacial score (nSPS) is 24.2. The van der Waals surface area contributed by atoms with Crippen molar-refractivity contribution in [2.45, 2.75) is 17.9 Å². The Labute approximate surface area is 206 Å². The molecule has 1 aliphatic carbocycles. The van der Waals surface area contributed by atoms with Gasteiger partial charge in [0.25, 0.3) is 0 Å². The minimum Gasteiger partial charge on any atom is -0.349 e. The summed E-state index contributed by atoms with van der Waals surface area (Å²) in [5.74, 6) is -7.71. The van der Waals surface area contributed by atoms with Gasteiger partial charge < -0.3 is 4.74 Å². The smallest absolute Gasteiger partial charge is 0.349 e. The standard InChI is InChI=1S/C27H15F4NO5/c28-14-11-9-13(10-12-14)21-19-20(26(37-21)22(33)15-5-1-2-6-16(15)23(26)34)25(36)32(24(19)35)18-8-4-3-7-17(18)27(29,30)31/h1-12,19-21H/t19-,20-,21-/m1/s1. The number of Topliss-reactive ketones (excluding diaryl/α,β-unsaturated/α-hetero) is 2. The monoisotopic (exact) mass is 509 g/mol. The number of ketones is 2. The maximum Gasteiger partial charge on any atom is 0.418 e. The quantitative estimate of drug-likeness (QED) is 0.288. The van der Waals surface area contributed by atoms with Gasteiger partial charge in [0.05, 0.1) is 29.2 Å². The number of nitrogens with zero attached hydrogens (tertiary/aromatic N) is 1. The van der Waals surface area contributed by atoms with Crippen LogP contribution in [-0.4, -0.2) is 29.0 Å². The number of imide groups is 1. The zero-order valence-electron chi connectivity index (χ0n) is 18.7. The Morgan fingerprint density at radius 3 is 1.92 bits per heavy atom. The molecule has 2 saturated heterocycles. The van der Waals surface area contributed by atoms with Crippen molar-refractivity contribution in [1.82, 2.24) is 0 Å². The first-order valence-electron chi connectivity index (χ1n) is 11.2. The summed E-state index contributed by atoms with van der Waals surface area (Å²) in [4.78, 5) is 55.2. The summed E-state index contributed by atoms with van der Waals surface area (Å²) >= 11 is 0. The van der Waals surface area contributed by atoms with E-state index in [0.29, 0.717) is 4.90 Å². The number of anilines is 1. The van der Waals surface area contributed by atoms with Crippen LogP contribution >= 0.6 is 0 Å². The van der Waals surface area contributed by atoms with E-state index in [1.807, 2.05) is 0 Å². The number of alkyl halides is 3. The van der Waals surface area contributed by atoms with E-state index in [-0.39, 0.29) is 16.7 Å². The second-order valence-electron chi connectivity index (χ2n) is 9.06. The van der Waals surface area contributed by atoms with Gasteiger partial charge in [0.15, 0.2) is 0 Å². The molecule has 0 bridgehead atoms. The summed E-state index contributed by atoms with van der Waals surface area (Å²) in [6, 6.07) is 14.6. The molecule has 3 atom stereocenters. The fraction of sp³-hybridized carbons (Fsp3) is 0.185. The molecule has 2 aliphatic heterocycles. The highest BCUT2D eigenvalue weighted by Crippen LogP contribution is 2.58. The van der Waals surface area contributed by atoms with E-state index in [0.717, 1.165) is 30.3 Å². The summed E-state index contributed by atoms with van der Waals surface area (Å²) < 4.78 is 61.1. The van der Waals surface area contributed by atoms with E-state index in [9.17, 15) is 36.7 Å². The molecule has 3 aliphatic rings. The molecule has 6 nitrogen and oxygen atoms in total. The predicted molar refractivity (Wildman–Crippen MR) is 119 cm³/mol. The van der Waals surface area contributed by atoms with Crippen molar-refractivity contribution in [3.63, 3.8) is 0 Å². The number of benzene rings is 3. The molecule has 0 radical (unpaired) electrons. The first-order valence-corrected chi connectivity index (χ1v) is 11.2. The number of carbonyl (C=O) groups excluding carboxylic acids is 4. The van der Waals surface area contributed by atoms with Crippen LogP contribution < -0.4 is 4.90 Å². The highest BCUT2D eigenvalue weighted by atomic mass is 19.4. The van der Waals surface area contributed by atoms with Gasteiger partial charge in [-0.25, -0.2) is 9.29 Å². The molecular weight excluding hydrogens is 494 g/mol. The lowest BCUT2D eigenvalue weighted by atomic mass is 9.77. The first-order chi connectivity index (χ1) is 17.6. The molecule has 0 saturated carbocycles. The van der Waals surface area contributed by atoms with Crippen LogP contribution in [0.4, 0.5) is 23.2 Å². The van der Waals surface area contributed by atoms with E-state index in [1.54, 1.807) is 0 Å². The largest absolute Gasteiger partial charge is 0.418 e. The molecule has 3 aromatic rings. The maximum atomic E-state index is 13.8. The highest BCUT2D eigenvalue weighted by molar-refractivity contribution is 6.37. The van der Waals surface area contributed by atoms with Crippen LogP contribution in [0.2, 0.25) is 0 Å². The second-order valence-corrected chi connectivity index (χ2v) is 9.06. The van der Waals surface area contributed by atoms with Gasteiger partial charge in [-0.2, -0.15) is 13.2 Å². The van der Waals surface area contributed by atoms with Crippen LogP contribution in [-0.2, 0) is 20.5 Å². The molecule has 2 heterocycles. The van der Waals surface area contributed by atoms with Gasteiger partial charge in [-0.15, -0.1) is 0 Å². The molecule has 186 valence electrons. The Morgan fingerprint density at radius 1 is 0.757 bits per heavy atom. The summed E-state index contributed by atoms with van der Waals surface area (Å²) in [5, 5.41) is 0. The molecule has 37 heavy (non-hydrogen) atoms. The van der Waals surface area contributed by atoms with Crippen molar-refractivity contribution in [1.29, 1.82) is 0 Å². The van der Waals surface area contributed by atoms with E-state index in [4.69, 9.17) is 4.74 Å². The van der Waals surface area contributed by atoms with Crippen LogP contribution in [0.15, 0.2) is 72.8 Å². The van der Waals surface area contributed by atoms with Gasteiger partial charge in [0, 0.05) is 11.1 Å². The minimum absolute atomic E-state index is 0.0135. The van der Waals surface area contributed by atoms with Gasteiger partial charge in [-0.1, -0.05) is 48.5 Å². The van der Waals surface area contributed by atoms with Crippen LogP contribution in [0.5, 0.6) is 0 Å². The molecular formula is C27H15F4NO5. The third-order valence-corrected chi connectivity index (χ3v) is 7.17. The topological polar surface area (TPSA) is 80.8 Å². The summed E-state index contributed by atoms with van der Waals surface area (Å²) in [6.07, 6.45) is -6.26. The third kappa shape index (κ3) is 3.02. The average molecular weight is 509 g/mol. The molecule has 0 N–H and O–H groups in total.